The van der Waals surface area contributed by atoms with Gasteiger partial charge in [0.25, 0.3) is 0 Å². The van der Waals surface area contributed by atoms with Gasteiger partial charge in [-0.1, -0.05) is 6.07 Å². The van der Waals surface area contributed by atoms with E-state index >= 15 is 0 Å². The topological polar surface area (TPSA) is 69.2 Å². The number of benzene rings is 1. The maximum absolute atomic E-state index is 13.5. The summed E-state index contributed by atoms with van der Waals surface area (Å²) in [5.74, 6) is 0.521. The minimum Gasteiger partial charge on any atom is -0.463 e. The predicted octanol–water partition coefficient (Wildman–Crippen LogP) is 2.92. The molecule has 0 saturated heterocycles. The van der Waals surface area contributed by atoms with Gasteiger partial charge >= 0.3 is 0 Å². The minimum atomic E-state index is -1.26. The number of furan rings is 1. The molecule has 5 heteroatoms. The molecule has 0 saturated carbocycles. The number of aryl methyl sites for hydroxylation is 1. The van der Waals surface area contributed by atoms with E-state index in [-0.39, 0.29) is 12.1 Å². The highest BCUT2D eigenvalue weighted by Crippen LogP contribution is 2.25. The molecule has 4 nitrogen and oxygen atoms in total. The molecule has 20 heavy (non-hydrogen) atoms. The lowest BCUT2D eigenvalue weighted by molar-refractivity contribution is 0.0468. The van der Waals surface area contributed by atoms with Gasteiger partial charge in [-0.25, -0.2) is 4.39 Å². The Kier molecular flexibility index (Phi) is 3.77. The largest absolute Gasteiger partial charge is 0.463 e. The van der Waals surface area contributed by atoms with Crippen LogP contribution in [0.1, 0.15) is 24.0 Å². The van der Waals surface area contributed by atoms with Crippen molar-refractivity contribution in [3.05, 3.63) is 53.2 Å². The van der Waals surface area contributed by atoms with E-state index in [1.807, 2.05) is 0 Å². The van der Waals surface area contributed by atoms with Gasteiger partial charge in [-0.05, 0) is 38.1 Å². The van der Waals surface area contributed by atoms with Crippen LogP contribution in [-0.4, -0.2) is 11.7 Å². The highest BCUT2D eigenvalue weighted by Gasteiger charge is 2.27. The summed E-state index contributed by atoms with van der Waals surface area (Å²) < 4.78 is 18.8. The molecular weight excluding hydrogens is 259 g/mol. The van der Waals surface area contributed by atoms with E-state index in [1.165, 1.54) is 12.1 Å². The average Bonchev–Trinajstić information content (AvgIpc) is 2.84. The maximum atomic E-state index is 13.5. The van der Waals surface area contributed by atoms with Crippen LogP contribution in [0, 0.1) is 24.1 Å². The van der Waals surface area contributed by atoms with Crippen LogP contribution in [0.15, 0.2) is 34.7 Å². The molecule has 0 radical (unpaired) electrons. The normalized spacial score (nSPS) is 13.6. The summed E-state index contributed by atoms with van der Waals surface area (Å²) in [7, 11) is 0. The number of aliphatic hydroxyl groups is 1. The summed E-state index contributed by atoms with van der Waals surface area (Å²) in [6.45, 7) is 3.47. The zero-order chi connectivity index (χ0) is 14.8. The van der Waals surface area contributed by atoms with Crippen LogP contribution >= 0.6 is 0 Å². The Balaban J connectivity index is 2.17. The van der Waals surface area contributed by atoms with Crippen molar-refractivity contribution in [1.82, 2.24) is 0 Å². The summed E-state index contributed by atoms with van der Waals surface area (Å²) in [5.41, 5.74) is -0.984. The van der Waals surface area contributed by atoms with E-state index in [9.17, 15) is 9.50 Å². The Bertz CT molecular complexity index is 656. The predicted molar refractivity (Wildman–Crippen MR) is 72.6 cm³/mol. The maximum Gasteiger partial charge on any atom is 0.143 e. The molecule has 1 unspecified atom stereocenters. The molecule has 0 aliphatic carbocycles. The Hall–Kier alpha value is -2.32. The van der Waals surface area contributed by atoms with Gasteiger partial charge in [-0.3, -0.25) is 0 Å². The van der Waals surface area contributed by atoms with Gasteiger partial charge in [0.1, 0.15) is 34.6 Å². The smallest absolute Gasteiger partial charge is 0.143 e. The van der Waals surface area contributed by atoms with Crippen LogP contribution in [-0.2, 0) is 5.60 Å². The van der Waals surface area contributed by atoms with Crippen molar-refractivity contribution in [3.63, 3.8) is 0 Å². The van der Waals surface area contributed by atoms with E-state index in [0.717, 1.165) is 0 Å². The molecule has 1 atom stereocenters. The zero-order valence-electron chi connectivity index (χ0n) is 11.3. The molecule has 1 aromatic heterocycles. The van der Waals surface area contributed by atoms with Crippen molar-refractivity contribution < 1.29 is 13.9 Å². The summed E-state index contributed by atoms with van der Waals surface area (Å²) in [5, 5.41) is 22.2. The number of halogens is 1. The number of nitriles is 1. The monoisotopic (exact) mass is 274 g/mol. The molecule has 1 aromatic carbocycles. The second-order valence-corrected chi connectivity index (χ2v) is 4.81. The summed E-state index contributed by atoms with van der Waals surface area (Å²) >= 11 is 0. The molecule has 104 valence electrons. The van der Waals surface area contributed by atoms with Gasteiger partial charge in [-0.15, -0.1) is 0 Å². The Morgan fingerprint density at radius 2 is 2.15 bits per heavy atom. The zero-order valence-corrected chi connectivity index (χ0v) is 11.3. The van der Waals surface area contributed by atoms with Crippen molar-refractivity contribution >= 4 is 5.69 Å². The van der Waals surface area contributed by atoms with Gasteiger partial charge in [0, 0.05) is 0 Å². The Morgan fingerprint density at radius 1 is 1.40 bits per heavy atom. The molecule has 0 amide bonds. The van der Waals surface area contributed by atoms with Gasteiger partial charge in [0.05, 0.1) is 12.2 Å². The third-order valence-corrected chi connectivity index (χ3v) is 3.02. The van der Waals surface area contributed by atoms with E-state index in [4.69, 9.17) is 9.68 Å². The first-order valence-electron chi connectivity index (χ1n) is 6.16. The van der Waals surface area contributed by atoms with Crippen LogP contribution < -0.4 is 5.32 Å². The molecule has 1 heterocycles. The van der Waals surface area contributed by atoms with Gasteiger partial charge in [0.15, 0.2) is 0 Å². The van der Waals surface area contributed by atoms with Crippen LogP contribution in [0.3, 0.4) is 0 Å². The first kappa shape index (κ1) is 14.1. The first-order valence-corrected chi connectivity index (χ1v) is 6.16. The lowest BCUT2D eigenvalue weighted by atomic mass is 10.0. The molecule has 0 spiro atoms. The van der Waals surface area contributed by atoms with E-state index in [0.29, 0.717) is 17.2 Å². The standard InChI is InChI=1S/C15H15FN2O2/c1-10-6-7-14(20-10)15(2,19)9-18-13-5-3-4-12(16)11(13)8-17/h3-7,18-19H,9H2,1-2H3. The SMILES string of the molecule is Cc1ccc(C(C)(O)CNc2cccc(F)c2C#N)o1. The van der Waals surface area contributed by atoms with Crippen molar-refractivity contribution in [3.8, 4) is 6.07 Å². The first-order chi connectivity index (χ1) is 9.44. The number of anilines is 1. The van der Waals surface area contributed by atoms with Crippen LogP contribution in [0.5, 0.6) is 0 Å². The van der Waals surface area contributed by atoms with Crippen LogP contribution in [0.25, 0.3) is 0 Å². The average molecular weight is 274 g/mol. The molecule has 0 aliphatic rings. The lowest BCUT2D eigenvalue weighted by Crippen LogP contribution is -2.30. The minimum absolute atomic E-state index is 0.0704. The highest BCUT2D eigenvalue weighted by molar-refractivity contribution is 5.58. The molecule has 0 aliphatic heterocycles. The fourth-order valence-electron chi connectivity index (χ4n) is 1.86. The summed E-state index contributed by atoms with van der Waals surface area (Å²) in [6.07, 6.45) is 0. The van der Waals surface area contributed by atoms with Gasteiger partial charge in [0.2, 0.25) is 0 Å². The van der Waals surface area contributed by atoms with E-state index in [1.54, 1.807) is 38.1 Å². The second kappa shape index (κ2) is 5.35. The Labute approximate surface area is 116 Å². The third kappa shape index (κ3) is 2.81. The second-order valence-electron chi connectivity index (χ2n) is 4.81. The number of rotatable bonds is 4. The number of nitrogens with zero attached hydrogens (tertiary/aromatic N) is 1. The fourth-order valence-corrected chi connectivity index (χ4v) is 1.86. The van der Waals surface area contributed by atoms with Gasteiger partial charge in [-0.2, -0.15) is 5.26 Å². The molecule has 0 bridgehead atoms. The molecule has 0 fully saturated rings. The highest BCUT2D eigenvalue weighted by atomic mass is 19.1. The summed E-state index contributed by atoms with van der Waals surface area (Å²) in [6, 6.07) is 9.56. The molecule has 2 N–H and O–H groups in total. The molecule has 2 aromatic rings. The Morgan fingerprint density at radius 3 is 2.75 bits per heavy atom. The van der Waals surface area contributed by atoms with Gasteiger partial charge < -0.3 is 14.8 Å². The molecular formula is C15H15FN2O2. The van der Waals surface area contributed by atoms with Crippen LogP contribution in [0.2, 0.25) is 0 Å². The van der Waals surface area contributed by atoms with Crippen molar-refractivity contribution in [2.24, 2.45) is 0 Å². The van der Waals surface area contributed by atoms with Crippen molar-refractivity contribution in [2.75, 3.05) is 11.9 Å². The van der Waals surface area contributed by atoms with Crippen molar-refractivity contribution in [1.29, 1.82) is 5.26 Å². The number of nitrogens with one attached hydrogen (secondary N) is 1. The summed E-state index contributed by atoms with van der Waals surface area (Å²) in [4.78, 5) is 0. The number of hydrogen-bond acceptors (Lipinski definition) is 4. The van der Waals surface area contributed by atoms with Crippen molar-refractivity contribution in [2.45, 2.75) is 19.4 Å². The third-order valence-electron chi connectivity index (χ3n) is 3.02. The molecule has 2 rings (SSSR count). The quantitative estimate of drug-likeness (QED) is 0.899. The number of hydrogen-bond donors (Lipinski definition) is 2. The van der Waals surface area contributed by atoms with E-state index < -0.39 is 11.4 Å². The lowest BCUT2D eigenvalue weighted by Gasteiger charge is -2.22. The van der Waals surface area contributed by atoms with Crippen LogP contribution in [0.4, 0.5) is 10.1 Å². The van der Waals surface area contributed by atoms with E-state index in [2.05, 4.69) is 5.32 Å². The fraction of sp³-hybridized carbons (Fsp3) is 0.267.